The molecule has 0 saturated heterocycles. The Hall–Kier alpha value is -1.20. The third kappa shape index (κ3) is 4.58. The Kier molecular flexibility index (Phi) is 6.01. The van der Waals surface area contributed by atoms with E-state index in [2.05, 4.69) is 23.3 Å². The van der Waals surface area contributed by atoms with Crippen LogP contribution in [0.5, 0.6) is 0 Å². The topological polar surface area (TPSA) is 58.2 Å². The number of hydrogen-bond donors (Lipinski definition) is 3. The molecule has 98 valence electrons. The number of carbonyl (C=O) groups is 2. The first-order valence-electron chi connectivity index (χ1n) is 5.58. The maximum Gasteiger partial charge on any atom is 0.253 e. The molecular formula is C12H15ClN2O2S. The lowest BCUT2D eigenvalue weighted by Crippen LogP contribution is -2.37. The zero-order valence-electron chi connectivity index (χ0n) is 10.00. The molecule has 4 nitrogen and oxygen atoms in total. The van der Waals surface area contributed by atoms with Crippen molar-refractivity contribution in [1.82, 2.24) is 10.6 Å². The smallest absolute Gasteiger partial charge is 0.253 e. The number of rotatable bonds is 5. The van der Waals surface area contributed by atoms with Crippen LogP contribution in [0, 0.1) is 0 Å². The van der Waals surface area contributed by atoms with Crippen LogP contribution in [0.1, 0.15) is 23.7 Å². The molecule has 0 aliphatic carbocycles. The Labute approximate surface area is 117 Å². The van der Waals surface area contributed by atoms with Crippen molar-refractivity contribution in [1.29, 1.82) is 0 Å². The standard InChI is InChI=1S/C12H15ClN2O2S/c1-2-5-14-11(16)7-15-12(17)9-6-8(18)3-4-10(9)13/h3-4,6,18H,2,5,7H2,1H3,(H,14,16)(H,15,17). The molecule has 0 atom stereocenters. The third-order valence-electron chi connectivity index (χ3n) is 2.18. The van der Waals surface area contributed by atoms with Crippen LogP contribution in [0.2, 0.25) is 5.02 Å². The molecule has 6 heteroatoms. The largest absolute Gasteiger partial charge is 0.355 e. The van der Waals surface area contributed by atoms with Crippen LogP contribution in [0.15, 0.2) is 23.1 Å². The molecule has 0 bridgehead atoms. The highest BCUT2D eigenvalue weighted by Gasteiger charge is 2.11. The zero-order valence-corrected chi connectivity index (χ0v) is 11.6. The highest BCUT2D eigenvalue weighted by Crippen LogP contribution is 2.19. The molecule has 0 heterocycles. The van der Waals surface area contributed by atoms with Crippen LogP contribution in [0.4, 0.5) is 0 Å². The number of nitrogens with one attached hydrogen (secondary N) is 2. The normalized spacial score (nSPS) is 9.94. The fourth-order valence-corrected chi connectivity index (χ4v) is 1.68. The van der Waals surface area contributed by atoms with E-state index in [0.717, 1.165) is 6.42 Å². The summed E-state index contributed by atoms with van der Waals surface area (Å²) < 4.78 is 0. The Morgan fingerprint density at radius 2 is 2.06 bits per heavy atom. The number of benzene rings is 1. The summed E-state index contributed by atoms with van der Waals surface area (Å²) in [6, 6.07) is 4.84. The van der Waals surface area contributed by atoms with Gasteiger partial charge in [-0.15, -0.1) is 12.6 Å². The van der Waals surface area contributed by atoms with E-state index in [9.17, 15) is 9.59 Å². The van der Waals surface area contributed by atoms with Gasteiger partial charge in [0.2, 0.25) is 5.91 Å². The van der Waals surface area contributed by atoms with E-state index in [-0.39, 0.29) is 18.4 Å². The predicted octanol–water partition coefficient (Wildman–Crippen LogP) is 1.88. The van der Waals surface area contributed by atoms with Crippen molar-refractivity contribution in [3.63, 3.8) is 0 Å². The Morgan fingerprint density at radius 3 is 2.72 bits per heavy atom. The summed E-state index contributed by atoms with van der Waals surface area (Å²) in [5.74, 6) is -0.606. The lowest BCUT2D eigenvalue weighted by atomic mass is 10.2. The van der Waals surface area contributed by atoms with Crippen LogP contribution in [0.25, 0.3) is 0 Å². The van der Waals surface area contributed by atoms with Crippen molar-refractivity contribution in [3.8, 4) is 0 Å². The van der Waals surface area contributed by atoms with Gasteiger partial charge in [0.25, 0.3) is 5.91 Å². The molecular weight excluding hydrogens is 272 g/mol. The molecule has 1 aromatic carbocycles. The van der Waals surface area contributed by atoms with E-state index >= 15 is 0 Å². The van der Waals surface area contributed by atoms with Gasteiger partial charge in [-0.2, -0.15) is 0 Å². The molecule has 1 aromatic rings. The fraction of sp³-hybridized carbons (Fsp3) is 0.333. The number of carbonyl (C=O) groups excluding carboxylic acids is 2. The lowest BCUT2D eigenvalue weighted by molar-refractivity contribution is -0.120. The molecule has 0 spiro atoms. The van der Waals surface area contributed by atoms with E-state index < -0.39 is 0 Å². The maximum atomic E-state index is 11.8. The molecule has 0 unspecified atom stereocenters. The lowest BCUT2D eigenvalue weighted by Gasteiger charge is -2.07. The molecule has 0 aliphatic heterocycles. The van der Waals surface area contributed by atoms with E-state index in [4.69, 9.17) is 11.6 Å². The molecule has 1 rings (SSSR count). The SMILES string of the molecule is CCCNC(=O)CNC(=O)c1cc(S)ccc1Cl. The average Bonchev–Trinajstić information content (AvgIpc) is 2.36. The molecule has 0 fully saturated rings. The number of halogens is 1. The fourth-order valence-electron chi connectivity index (χ4n) is 1.27. The first kappa shape index (κ1) is 14.9. The van der Waals surface area contributed by atoms with Crippen LogP contribution >= 0.6 is 24.2 Å². The average molecular weight is 287 g/mol. The summed E-state index contributed by atoms with van der Waals surface area (Å²) in [7, 11) is 0. The third-order valence-corrected chi connectivity index (χ3v) is 2.78. The number of thiol groups is 1. The van der Waals surface area contributed by atoms with Gasteiger partial charge in [0.1, 0.15) is 0 Å². The molecule has 2 amide bonds. The van der Waals surface area contributed by atoms with Crippen LogP contribution in [0.3, 0.4) is 0 Å². The Bertz CT molecular complexity index is 452. The summed E-state index contributed by atoms with van der Waals surface area (Å²) in [5, 5.41) is 5.50. The monoisotopic (exact) mass is 286 g/mol. The van der Waals surface area contributed by atoms with Gasteiger partial charge >= 0.3 is 0 Å². The number of hydrogen-bond acceptors (Lipinski definition) is 3. The zero-order chi connectivity index (χ0) is 13.5. The molecule has 18 heavy (non-hydrogen) atoms. The minimum atomic E-state index is -0.387. The highest BCUT2D eigenvalue weighted by atomic mass is 35.5. The van der Waals surface area contributed by atoms with Gasteiger partial charge in [-0.3, -0.25) is 9.59 Å². The second kappa shape index (κ2) is 7.28. The molecule has 0 radical (unpaired) electrons. The maximum absolute atomic E-state index is 11.8. The van der Waals surface area contributed by atoms with Crippen LogP contribution in [-0.2, 0) is 4.79 Å². The first-order valence-corrected chi connectivity index (χ1v) is 6.40. The molecule has 0 aliphatic rings. The summed E-state index contributed by atoms with van der Waals surface area (Å²) in [6.07, 6.45) is 0.854. The quantitative estimate of drug-likeness (QED) is 0.724. The summed E-state index contributed by atoms with van der Waals surface area (Å²) >= 11 is 10.0. The minimum absolute atomic E-state index is 0.0635. The highest BCUT2D eigenvalue weighted by molar-refractivity contribution is 7.80. The first-order chi connectivity index (χ1) is 8.54. The minimum Gasteiger partial charge on any atom is -0.355 e. The van der Waals surface area contributed by atoms with Gasteiger partial charge in [0.15, 0.2) is 0 Å². The van der Waals surface area contributed by atoms with Gasteiger partial charge in [-0.1, -0.05) is 18.5 Å². The van der Waals surface area contributed by atoms with Gasteiger partial charge in [0.05, 0.1) is 17.1 Å². The van der Waals surface area contributed by atoms with Crippen molar-refractivity contribution in [2.45, 2.75) is 18.2 Å². The van der Waals surface area contributed by atoms with E-state index in [1.165, 1.54) is 0 Å². The van der Waals surface area contributed by atoms with E-state index in [1.807, 2.05) is 6.92 Å². The van der Waals surface area contributed by atoms with E-state index in [1.54, 1.807) is 18.2 Å². The second-order valence-electron chi connectivity index (χ2n) is 3.70. The second-order valence-corrected chi connectivity index (χ2v) is 4.62. The van der Waals surface area contributed by atoms with Crippen molar-refractivity contribution < 1.29 is 9.59 Å². The summed E-state index contributed by atoms with van der Waals surface area (Å²) in [4.78, 5) is 23.7. The van der Waals surface area contributed by atoms with Gasteiger partial charge < -0.3 is 10.6 Å². The van der Waals surface area contributed by atoms with Crippen molar-refractivity contribution in [2.75, 3.05) is 13.1 Å². The van der Waals surface area contributed by atoms with Crippen LogP contribution < -0.4 is 10.6 Å². The molecule has 2 N–H and O–H groups in total. The van der Waals surface area contributed by atoms with Crippen molar-refractivity contribution >= 4 is 36.0 Å². The van der Waals surface area contributed by atoms with Crippen molar-refractivity contribution in [2.24, 2.45) is 0 Å². The number of amides is 2. The van der Waals surface area contributed by atoms with Crippen molar-refractivity contribution in [3.05, 3.63) is 28.8 Å². The summed E-state index contributed by atoms with van der Waals surface area (Å²) in [5.41, 5.74) is 0.312. The van der Waals surface area contributed by atoms with Gasteiger partial charge in [-0.05, 0) is 24.6 Å². The van der Waals surface area contributed by atoms with E-state index in [0.29, 0.717) is 22.0 Å². The Morgan fingerprint density at radius 1 is 1.33 bits per heavy atom. The van der Waals surface area contributed by atoms with Gasteiger partial charge in [-0.25, -0.2) is 0 Å². The molecule has 0 saturated carbocycles. The summed E-state index contributed by atoms with van der Waals surface area (Å²) in [6.45, 7) is 2.49. The van der Waals surface area contributed by atoms with Gasteiger partial charge in [0, 0.05) is 11.4 Å². The Balaban J connectivity index is 2.55. The predicted molar refractivity (Wildman–Crippen MR) is 74.3 cm³/mol. The van der Waals surface area contributed by atoms with Crippen LogP contribution in [-0.4, -0.2) is 24.9 Å². The molecule has 0 aromatic heterocycles.